The zero-order chi connectivity index (χ0) is 13.3. The molecular weight excluding hydrogens is 234 g/mol. The van der Waals surface area contributed by atoms with Crippen molar-refractivity contribution >= 4 is 12.0 Å². The molecule has 2 rings (SSSR count). The van der Waals surface area contributed by atoms with E-state index < -0.39 is 5.97 Å². The van der Waals surface area contributed by atoms with Crippen molar-refractivity contribution in [3.63, 3.8) is 0 Å². The number of aliphatic carboxylic acids is 1. The van der Waals surface area contributed by atoms with Gasteiger partial charge in [0.25, 0.3) is 0 Å². The first kappa shape index (κ1) is 12.9. The number of carbonyl (C=O) groups is 1. The van der Waals surface area contributed by atoms with Crippen molar-refractivity contribution in [2.75, 3.05) is 18.0 Å². The van der Waals surface area contributed by atoms with E-state index >= 15 is 0 Å². The predicted molar refractivity (Wildman–Crippen MR) is 65.5 cm³/mol. The van der Waals surface area contributed by atoms with Crippen molar-refractivity contribution in [2.45, 2.75) is 33.1 Å². The molecule has 100 valence electrons. The molecule has 18 heavy (non-hydrogen) atoms. The summed E-state index contributed by atoms with van der Waals surface area (Å²) in [6, 6.07) is 0.441. The minimum absolute atomic E-state index is 0.208. The van der Waals surface area contributed by atoms with Gasteiger partial charge in [0.2, 0.25) is 0 Å². The first-order valence-electron chi connectivity index (χ1n) is 6.28. The lowest BCUT2D eigenvalue weighted by Crippen LogP contribution is -2.42. The van der Waals surface area contributed by atoms with Gasteiger partial charge in [0, 0.05) is 19.0 Å². The maximum atomic E-state index is 11.1. The van der Waals surface area contributed by atoms with E-state index in [2.05, 4.69) is 10.1 Å². The lowest BCUT2D eigenvalue weighted by molar-refractivity contribution is -0.142. The first-order valence-corrected chi connectivity index (χ1v) is 6.28. The lowest BCUT2D eigenvalue weighted by Gasteiger charge is -2.33. The van der Waals surface area contributed by atoms with Crippen molar-refractivity contribution in [3.8, 4) is 0 Å². The quantitative estimate of drug-likeness (QED) is 0.883. The second-order valence-corrected chi connectivity index (χ2v) is 5.37. The van der Waals surface area contributed by atoms with E-state index in [-0.39, 0.29) is 11.8 Å². The monoisotopic (exact) mass is 253 g/mol. The number of anilines is 1. The highest BCUT2D eigenvalue weighted by Gasteiger charge is 2.32. The summed E-state index contributed by atoms with van der Waals surface area (Å²) in [5.74, 6) is 0.0719. The number of hydrogen-bond donors (Lipinski definition) is 1. The van der Waals surface area contributed by atoms with Crippen LogP contribution in [0.1, 0.15) is 38.9 Å². The van der Waals surface area contributed by atoms with Crippen LogP contribution in [-0.2, 0) is 4.79 Å². The number of rotatable bonds is 3. The Morgan fingerprint density at radius 2 is 2.22 bits per heavy atom. The number of hydrogen-bond acceptors (Lipinski definition) is 5. The normalized spacial score (nSPS) is 24.6. The van der Waals surface area contributed by atoms with E-state index in [4.69, 9.17) is 9.63 Å². The van der Waals surface area contributed by atoms with E-state index in [9.17, 15) is 4.79 Å². The maximum absolute atomic E-state index is 11.1. The molecule has 2 unspecified atom stereocenters. The van der Waals surface area contributed by atoms with Crippen molar-refractivity contribution in [1.82, 2.24) is 10.1 Å². The van der Waals surface area contributed by atoms with Crippen LogP contribution >= 0.6 is 0 Å². The number of carboxylic acid groups (broad SMARTS) is 1. The molecule has 0 saturated carbocycles. The van der Waals surface area contributed by atoms with Gasteiger partial charge in [-0.2, -0.15) is 4.98 Å². The van der Waals surface area contributed by atoms with E-state index in [1.54, 1.807) is 0 Å². The molecule has 2 heterocycles. The lowest BCUT2D eigenvalue weighted by atomic mass is 9.91. The van der Waals surface area contributed by atoms with Crippen LogP contribution in [0.15, 0.2) is 4.52 Å². The number of piperidine rings is 1. The Morgan fingerprint density at radius 1 is 1.50 bits per heavy atom. The molecule has 1 N–H and O–H groups in total. The Morgan fingerprint density at radius 3 is 2.78 bits per heavy atom. The van der Waals surface area contributed by atoms with Crippen molar-refractivity contribution in [2.24, 2.45) is 11.8 Å². The summed E-state index contributed by atoms with van der Waals surface area (Å²) in [5.41, 5.74) is 0. The Hall–Kier alpha value is -1.59. The topological polar surface area (TPSA) is 79.5 Å². The van der Waals surface area contributed by atoms with Gasteiger partial charge in [-0.15, -0.1) is 0 Å². The Labute approximate surface area is 106 Å². The zero-order valence-electron chi connectivity index (χ0n) is 11.0. The Bertz CT molecular complexity index is 430. The van der Waals surface area contributed by atoms with Gasteiger partial charge in [-0.3, -0.25) is 4.79 Å². The van der Waals surface area contributed by atoms with Crippen LogP contribution in [0.5, 0.6) is 0 Å². The van der Waals surface area contributed by atoms with Crippen LogP contribution in [0, 0.1) is 11.8 Å². The van der Waals surface area contributed by atoms with Crippen LogP contribution in [0.2, 0.25) is 0 Å². The molecule has 0 spiro atoms. The van der Waals surface area contributed by atoms with Gasteiger partial charge in [0.05, 0.1) is 5.92 Å². The molecule has 1 aromatic heterocycles. The zero-order valence-corrected chi connectivity index (χ0v) is 11.0. The van der Waals surface area contributed by atoms with Gasteiger partial charge >= 0.3 is 12.0 Å². The summed E-state index contributed by atoms with van der Waals surface area (Å²) >= 11 is 0. The van der Waals surface area contributed by atoms with Gasteiger partial charge in [0.1, 0.15) is 0 Å². The molecule has 1 fully saturated rings. The van der Waals surface area contributed by atoms with E-state index in [1.807, 2.05) is 25.7 Å². The largest absolute Gasteiger partial charge is 0.481 e. The summed E-state index contributed by atoms with van der Waals surface area (Å²) in [4.78, 5) is 17.3. The van der Waals surface area contributed by atoms with Gasteiger partial charge in [-0.25, -0.2) is 0 Å². The van der Waals surface area contributed by atoms with Gasteiger partial charge in [0.15, 0.2) is 5.82 Å². The highest BCUT2D eigenvalue weighted by molar-refractivity contribution is 5.71. The number of carboxylic acids is 1. The maximum Gasteiger partial charge on any atom is 0.324 e. The summed E-state index contributed by atoms with van der Waals surface area (Å²) < 4.78 is 5.21. The average Bonchev–Trinajstić information content (AvgIpc) is 2.77. The molecule has 1 saturated heterocycles. The summed E-state index contributed by atoms with van der Waals surface area (Å²) in [5, 5.41) is 13.0. The molecule has 0 aromatic carbocycles. The van der Waals surface area contributed by atoms with E-state index in [1.165, 1.54) is 0 Å². The van der Waals surface area contributed by atoms with Gasteiger partial charge < -0.3 is 14.5 Å². The van der Waals surface area contributed by atoms with Crippen molar-refractivity contribution in [3.05, 3.63) is 5.82 Å². The van der Waals surface area contributed by atoms with Crippen LogP contribution in [-0.4, -0.2) is 34.3 Å². The Kier molecular flexibility index (Phi) is 3.54. The molecular formula is C12H19N3O3. The van der Waals surface area contributed by atoms with Crippen molar-refractivity contribution in [1.29, 1.82) is 0 Å². The fraction of sp³-hybridized carbons (Fsp3) is 0.750. The van der Waals surface area contributed by atoms with Crippen LogP contribution in [0.3, 0.4) is 0 Å². The summed E-state index contributed by atoms with van der Waals surface area (Å²) in [6.45, 7) is 7.24. The molecule has 2 atom stereocenters. The summed E-state index contributed by atoms with van der Waals surface area (Å²) in [6.07, 6.45) is 0.705. The van der Waals surface area contributed by atoms with Gasteiger partial charge in [-0.05, 0) is 12.3 Å². The standard InChI is InChI=1S/C12H19N3O3/c1-7(2)10-13-12(18-14-10)15-5-8(3)4-9(6-15)11(16)17/h7-9H,4-6H2,1-3H3,(H,16,17). The fourth-order valence-electron chi connectivity index (χ4n) is 2.28. The second-order valence-electron chi connectivity index (χ2n) is 5.37. The highest BCUT2D eigenvalue weighted by atomic mass is 16.5. The molecule has 6 heteroatoms. The third-order valence-corrected chi connectivity index (χ3v) is 3.23. The third kappa shape index (κ3) is 2.63. The average molecular weight is 253 g/mol. The molecule has 0 aliphatic carbocycles. The second kappa shape index (κ2) is 4.96. The number of nitrogens with zero attached hydrogens (tertiary/aromatic N) is 3. The van der Waals surface area contributed by atoms with Crippen LogP contribution in [0.4, 0.5) is 6.01 Å². The van der Waals surface area contributed by atoms with Crippen LogP contribution < -0.4 is 4.90 Å². The fourth-order valence-corrected chi connectivity index (χ4v) is 2.28. The minimum atomic E-state index is -0.754. The highest BCUT2D eigenvalue weighted by Crippen LogP contribution is 2.26. The molecule has 1 aliphatic heterocycles. The molecule has 6 nitrogen and oxygen atoms in total. The Balaban J connectivity index is 2.13. The van der Waals surface area contributed by atoms with E-state index in [0.717, 1.165) is 6.54 Å². The molecule has 0 radical (unpaired) electrons. The SMILES string of the molecule is CC1CC(C(=O)O)CN(c2nc(C(C)C)no2)C1. The van der Waals surface area contributed by atoms with Crippen molar-refractivity contribution < 1.29 is 14.4 Å². The van der Waals surface area contributed by atoms with Crippen LogP contribution in [0.25, 0.3) is 0 Å². The predicted octanol–water partition coefficient (Wildman–Crippen LogP) is 1.74. The number of aromatic nitrogens is 2. The molecule has 0 bridgehead atoms. The summed E-state index contributed by atoms with van der Waals surface area (Å²) in [7, 11) is 0. The molecule has 1 aromatic rings. The third-order valence-electron chi connectivity index (χ3n) is 3.23. The first-order chi connectivity index (χ1) is 8.47. The minimum Gasteiger partial charge on any atom is -0.481 e. The smallest absolute Gasteiger partial charge is 0.324 e. The molecule has 0 amide bonds. The van der Waals surface area contributed by atoms with Gasteiger partial charge in [-0.1, -0.05) is 25.9 Å². The molecule has 1 aliphatic rings. The van der Waals surface area contributed by atoms with E-state index in [0.29, 0.717) is 30.7 Å².